The molecule has 0 aromatic heterocycles. The van der Waals surface area contributed by atoms with Gasteiger partial charge >= 0.3 is 0 Å². The summed E-state index contributed by atoms with van der Waals surface area (Å²) in [4.78, 5) is 26.3. The Morgan fingerprint density at radius 1 is 1.19 bits per heavy atom. The fraction of sp³-hybridized carbons (Fsp3) is 0.524. The summed E-state index contributed by atoms with van der Waals surface area (Å²) < 4.78 is 16.7. The van der Waals surface area contributed by atoms with E-state index in [1.165, 1.54) is 0 Å². The maximum absolute atomic E-state index is 13.2. The summed E-state index contributed by atoms with van der Waals surface area (Å²) in [6, 6.07) is 5.43. The minimum absolute atomic E-state index is 0.0315. The molecule has 5 heteroatoms. The lowest BCUT2D eigenvalue weighted by Crippen LogP contribution is -2.36. The summed E-state index contributed by atoms with van der Waals surface area (Å²) in [6.45, 7) is 2.32. The fourth-order valence-electron chi connectivity index (χ4n) is 4.93. The monoisotopic (exact) mass is 354 g/mol. The van der Waals surface area contributed by atoms with Crippen molar-refractivity contribution >= 4 is 11.6 Å². The highest BCUT2D eigenvalue weighted by Gasteiger charge is 2.65. The lowest BCUT2D eigenvalue weighted by molar-refractivity contribution is -0.127. The normalized spacial score (nSPS) is 34.6. The Morgan fingerprint density at radius 2 is 1.96 bits per heavy atom. The second kappa shape index (κ2) is 6.53. The molecule has 3 aliphatic rings. The van der Waals surface area contributed by atoms with Crippen molar-refractivity contribution in [2.75, 3.05) is 20.8 Å². The van der Waals surface area contributed by atoms with E-state index < -0.39 is 5.92 Å². The number of carbonyl (C=O) groups excluding carboxylic acids is 2. The molecule has 26 heavy (non-hydrogen) atoms. The maximum atomic E-state index is 13.2. The number of ether oxygens (including phenoxy) is 3. The summed E-state index contributed by atoms with van der Waals surface area (Å²) in [5, 5.41) is 0. The Labute approximate surface area is 153 Å². The number of hydrogen-bond acceptors (Lipinski definition) is 5. The molecule has 0 amide bonds. The Bertz CT molecular complexity index is 817. The number of methoxy groups -OCH3 is 2. The van der Waals surface area contributed by atoms with Gasteiger partial charge in [-0.3, -0.25) is 9.59 Å². The van der Waals surface area contributed by atoms with Gasteiger partial charge in [-0.15, -0.1) is 5.92 Å². The Balaban J connectivity index is 1.68. The van der Waals surface area contributed by atoms with Crippen LogP contribution in [-0.2, 0) is 19.1 Å². The van der Waals surface area contributed by atoms with Gasteiger partial charge in [0, 0.05) is 24.2 Å². The predicted molar refractivity (Wildman–Crippen MR) is 93.9 cm³/mol. The molecule has 2 aliphatic heterocycles. The fourth-order valence-corrected chi connectivity index (χ4v) is 4.93. The molecule has 3 fully saturated rings. The Kier molecular flexibility index (Phi) is 4.34. The summed E-state index contributed by atoms with van der Waals surface area (Å²) in [7, 11) is 3.20. The van der Waals surface area contributed by atoms with Crippen LogP contribution in [0.1, 0.15) is 30.4 Å². The molecule has 1 aromatic carbocycles. The van der Waals surface area contributed by atoms with Gasteiger partial charge in [0.15, 0.2) is 11.6 Å². The molecule has 1 aliphatic carbocycles. The average Bonchev–Trinajstić information content (AvgIpc) is 3.27. The Hall–Kier alpha value is -2.16. The number of fused-ring (bicyclic) bond motifs is 5. The highest BCUT2D eigenvalue weighted by Crippen LogP contribution is 2.55. The molecule has 2 saturated heterocycles. The van der Waals surface area contributed by atoms with E-state index in [0.29, 0.717) is 17.9 Å². The zero-order valence-corrected chi connectivity index (χ0v) is 15.2. The molecule has 5 nitrogen and oxygen atoms in total. The van der Waals surface area contributed by atoms with E-state index in [2.05, 4.69) is 11.8 Å². The topological polar surface area (TPSA) is 61.8 Å². The van der Waals surface area contributed by atoms with Crippen LogP contribution in [0.3, 0.4) is 0 Å². The molecule has 4 rings (SSSR count). The minimum atomic E-state index is -0.765. The molecular formula is C21H22O5. The van der Waals surface area contributed by atoms with Gasteiger partial charge in [0.25, 0.3) is 0 Å². The number of carbonyl (C=O) groups is 2. The zero-order chi connectivity index (χ0) is 18.4. The molecule has 1 aromatic rings. The quantitative estimate of drug-likeness (QED) is 0.611. The molecular weight excluding hydrogens is 332 g/mol. The van der Waals surface area contributed by atoms with Gasteiger partial charge in [0.1, 0.15) is 11.7 Å². The van der Waals surface area contributed by atoms with E-state index in [1.807, 2.05) is 6.07 Å². The minimum Gasteiger partial charge on any atom is -0.496 e. The highest BCUT2D eigenvalue weighted by atomic mass is 16.5. The van der Waals surface area contributed by atoms with Crippen molar-refractivity contribution in [2.45, 2.75) is 31.5 Å². The molecule has 6 atom stereocenters. The number of hydrogen-bond donors (Lipinski definition) is 0. The lowest BCUT2D eigenvalue weighted by atomic mass is 9.75. The second-order valence-electron chi connectivity index (χ2n) is 7.21. The van der Waals surface area contributed by atoms with Crippen molar-refractivity contribution < 1.29 is 23.8 Å². The van der Waals surface area contributed by atoms with E-state index in [4.69, 9.17) is 14.2 Å². The van der Waals surface area contributed by atoms with Crippen molar-refractivity contribution in [1.29, 1.82) is 0 Å². The lowest BCUT2D eigenvalue weighted by Gasteiger charge is -2.25. The van der Waals surface area contributed by atoms with Crippen molar-refractivity contribution in [3.63, 3.8) is 0 Å². The van der Waals surface area contributed by atoms with Crippen LogP contribution in [0, 0.1) is 29.6 Å². The third kappa shape index (κ3) is 2.40. The van der Waals surface area contributed by atoms with Gasteiger partial charge < -0.3 is 14.2 Å². The van der Waals surface area contributed by atoms with Crippen LogP contribution < -0.4 is 4.74 Å². The van der Waals surface area contributed by atoms with E-state index in [-0.39, 0.29) is 41.5 Å². The molecule has 1 unspecified atom stereocenters. The highest BCUT2D eigenvalue weighted by molar-refractivity contribution is 6.17. The number of benzene rings is 1. The van der Waals surface area contributed by atoms with Crippen LogP contribution in [-0.4, -0.2) is 44.6 Å². The standard InChI is InChI=1S/C21H22O5/c1-4-5-11-6-7-13(14(8-11)25-3)16-19(22)17-15-9-12(10-24-2)21(26-15)18(17)20(16)23/h6-8,12,15-18,21H,9-10H2,1-3H3/t12-,15-,16?,17-,18+,21+/m0/s1. The van der Waals surface area contributed by atoms with Gasteiger partial charge in [-0.2, -0.15) is 0 Å². The summed E-state index contributed by atoms with van der Waals surface area (Å²) >= 11 is 0. The van der Waals surface area contributed by atoms with Crippen LogP contribution in [0.15, 0.2) is 18.2 Å². The molecule has 0 spiro atoms. The molecule has 136 valence electrons. The van der Waals surface area contributed by atoms with Gasteiger partial charge in [0.2, 0.25) is 0 Å². The van der Waals surface area contributed by atoms with Gasteiger partial charge in [-0.05, 0) is 25.5 Å². The zero-order valence-electron chi connectivity index (χ0n) is 15.2. The van der Waals surface area contributed by atoms with E-state index in [1.54, 1.807) is 33.3 Å². The molecule has 2 bridgehead atoms. The third-order valence-corrected chi connectivity index (χ3v) is 5.89. The molecule has 0 N–H and O–H groups in total. The van der Waals surface area contributed by atoms with Crippen molar-refractivity contribution in [3.05, 3.63) is 29.3 Å². The van der Waals surface area contributed by atoms with E-state index in [9.17, 15) is 9.59 Å². The summed E-state index contributed by atoms with van der Waals surface area (Å²) in [6.07, 6.45) is 0.415. The molecule has 2 heterocycles. The van der Waals surface area contributed by atoms with Crippen molar-refractivity contribution in [1.82, 2.24) is 0 Å². The first-order chi connectivity index (χ1) is 12.6. The number of rotatable bonds is 4. The SMILES string of the molecule is CC#Cc1ccc(C2C(=O)[C@@H]3[C@@H]4O[C@@H](C[C@H]4COC)[C@@H]3C2=O)c(OC)c1. The van der Waals surface area contributed by atoms with Crippen LogP contribution in [0.5, 0.6) is 5.75 Å². The number of Topliss-reactive ketones (excluding diaryl/α,β-unsaturated/α-hetero) is 2. The third-order valence-electron chi connectivity index (χ3n) is 5.89. The maximum Gasteiger partial charge on any atom is 0.154 e. The van der Waals surface area contributed by atoms with Gasteiger partial charge in [-0.1, -0.05) is 12.0 Å². The van der Waals surface area contributed by atoms with Crippen molar-refractivity contribution in [3.8, 4) is 17.6 Å². The summed E-state index contributed by atoms with van der Waals surface area (Å²) in [5.74, 6) is 5.02. The molecule has 1 saturated carbocycles. The largest absolute Gasteiger partial charge is 0.496 e. The van der Waals surface area contributed by atoms with Crippen LogP contribution in [0.25, 0.3) is 0 Å². The first kappa shape index (κ1) is 17.3. The van der Waals surface area contributed by atoms with Crippen LogP contribution in [0.2, 0.25) is 0 Å². The van der Waals surface area contributed by atoms with E-state index in [0.717, 1.165) is 12.0 Å². The first-order valence-electron chi connectivity index (χ1n) is 8.93. The predicted octanol–water partition coefficient (Wildman–Crippen LogP) is 1.97. The van der Waals surface area contributed by atoms with Crippen LogP contribution in [0.4, 0.5) is 0 Å². The number of ketones is 2. The van der Waals surface area contributed by atoms with Gasteiger partial charge in [0.05, 0.1) is 37.8 Å². The smallest absolute Gasteiger partial charge is 0.154 e. The van der Waals surface area contributed by atoms with E-state index >= 15 is 0 Å². The average molecular weight is 354 g/mol. The molecule has 0 radical (unpaired) electrons. The van der Waals surface area contributed by atoms with Gasteiger partial charge in [-0.25, -0.2) is 0 Å². The van der Waals surface area contributed by atoms with Crippen LogP contribution >= 0.6 is 0 Å². The first-order valence-corrected chi connectivity index (χ1v) is 8.93. The Morgan fingerprint density at radius 3 is 2.65 bits per heavy atom. The summed E-state index contributed by atoms with van der Waals surface area (Å²) in [5.41, 5.74) is 1.44. The van der Waals surface area contributed by atoms with Crippen molar-refractivity contribution in [2.24, 2.45) is 17.8 Å². The second-order valence-corrected chi connectivity index (χ2v) is 7.21.